The number of rotatable bonds is 3. The smallest absolute Gasteiger partial charge is 0.251 e. The van der Waals surface area contributed by atoms with Gasteiger partial charge in [-0.05, 0) is 64.0 Å². The molecule has 4 saturated heterocycles. The summed E-state index contributed by atoms with van der Waals surface area (Å²) in [6.45, 7) is 9.91. The summed E-state index contributed by atoms with van der Waals surface area (Å²) in [6, 6.07) is 7.85. The van der Waals surface area contributed by atoms with E-state index in [9.17, 15) is 19.5 Å². The molecule has 41 heavy (non-hydrogen) atoms. The number of nitrogens with one attached hydrogen (secondary N) is 2. The Bertz CT molecular complexity index is 1090. The fourth-order valence-electron chi connectivity index (χ4n) is 7.09. The van der Waals surface area contributed by atoms with E-state index in [0.717, 1.165) is 44.6 Å². The number of aromatic hydroxyl groups is 1. The van der Waals surface area contributed by atoms with Crippen LogP contribution in [0.5, 0.6) is 5.75 Å². The van der Waals surface area contributed by atoms with Crippen molar-refractivity contribution in [3.63, 3.8) is 0 Å². The number of hydrogen-bond donors (Lipinski definition) is 3. The van der Waals surface area contributed by atoms with Gasteiger partial charge in [0.2, 0.25) is 11.8 Å². The first-order valence-electron chi connectivity index (χ1n) is 15.4. The number of hydrogen-bond acceptors (Lipinski definition) is 7. The van der Waals surface area contributed by atoms with E-state index in [2.05, 4.69) is 34.3 Å². The van der Waals surface area contributed by atoms with Crippen molar-refractivity contribution in [2.24, 2.45) is 11.8 Å². The first kappa shape index (κ1) is 29.8. The van der Waals surface area contributed by atoms with E-state index in [1.54, 1.807) is 11.0 Å². The summed E-state index contributed by atoms with van der Waals surface area (Å²) < 4.78 is 5.86. The van der Waals surface area contributed by atoms with E-state index < -0.39 is 11.6 Å². The van der Waals surface area contributed by atoms with E-state index in [-0.39, 0.29) is 42.5 Å². The van der Waals surface area contributed by atoms with Crippen molar-refractivity contribution in [2.75, 3.05) is 52.4 Å². The normalized spacial score (nSPS) is 28.9. The SMILES string of the molecule is CC(C)N1CCC2(CC1)CC(=O)NCC[C@H]1CN(Cc3ccccc3O)CC[C@H]1CC(=O)N1CCO[C@@H](C1)C(=O)N2. The molecule has 10 nitrogen and oxygen atoms in total. The lowest BCUT2D eigenvalue weighted by molar-refractivity contribution is -0.149. The van der Waals surface area contributed by atoms with Crippen LogP contribution in [0.3, 0.4) is 0 Å². The largest absolute Gasteiger partial charge is 0.508 e. The van der Waals surface area contributed by atoms with Gasteiger partial charge in [0.05, 0.1) is 18.7 Å². The van der Waals surface area contributed by atoms with Gasteiger partial charge in [-0.1, -0.05) is 18.2 Å². The summed E-state index contributed by atoms with van der Waals surface area (Å²) in [5, 5.41) is 16.7. The molecule has 1 aromatic carbocycles. The number of carbonyl (C=O) groups excluding carboxylic acids is 3. The fourth-order valence-corrected chi connectivity index (χ4v) is 7.09. The Balaban J connectivity index is 1.32. The average Bonchev–Trinajstić information content (AvgIpc) is 2.95. The van der Waals surface area contributed by atoms with E-state index in [1.165, 1.54) is 0 Å². The van der Waals surface area contributed by atoms with Crippen molar-refractivity contribution < 1.29 is 24.2 Å². The molecule has 5 rings (SSSR count). The number of ether oxygens (including phenoxy) is 1. The molecule has 3 amide bonds. The Kier molecular flexibility index (Phi) is 9.51. The monoisotopic (exact) mass is 569 g/mol. The molecule has 2 bridgehead atoms. The molecule has 0 unspecified atom stereocenters. The van der Waals surface area contributed by atoms with E-state index in [1.807, 2.05) is 18.2 Å². The minimum Gasteiger partial charge on any atom is -0.508 e. The van der Waals surface area contributed by atoms with Crippen LogP contribution in [0.2, 0.25) is 0 Å². The summed E-state index contributed by atoms with van der Waals surface area (Å²) in [5.41, 5.74) is 0.280. The number of benzene rings is 1. The van der Waals surface area contributed by atoms with Gasteiger partial charge in [0, 0.05) is 63.7 Å². The molecule has 0 aromatic heterocycles. The number of phenols is 1. The fraction of sp³-hybridized carbons (Fsp3) is 0.710. The lowest BCUT2D eigenvalue weighted by atomic mass is 9.80. The third-order valence-electron chi connectivity index (χ3n) is 9.72. The Labute approximate surface area is 243 Å². The lowest BCUT2D eigenvalue weighted by Crippen LogP contribution is -2.61. The molecule has 3 N–H and O–H groups in total. The van der Waals surface area contributed by atoms with Gasteiger partial charge in [-0.2, -0.15) is 0 Å². The van der Waals surface area contributed by atoms with E-state index in [0.29, 0.717) is 57.3 Å². The molecule has 10 heteroatoms. The molecule has 3 atom stereocenters. The molecule has 1 aromatic rings. The lowest BCUT2D eigenvalue weighted by Gasteiger charge is -2.44. The third kappa shape index (κ3) is 7.40. The zero-order chi connectivity index (χ0) is 29.0. The molecular formula is C31H47N5O5. The first-order chi connectivity index (χ1) is 19.7. The van der Waals surface area contributed by atoms with Crippen molar-refractivity contribution in [1.29, 1.82) is 0 Å². The number of carbonyl (C=O) groups is 3. The van der Waals surface area contributed by atoms with Crippen LogP contribution < -0.4 is 10.6 Å². The molecule has 4 heterocycles. The molecule has 1 spiro atoms. The van der Waals surface area contributed by atoms with Crippen LogP contribution in [0, 0.1) is 11.8 Å². The minimum atomic E-state index is -0.725. The van der Waals surface area contributed by atoms with Gasteiger partial charge >= 0.3 is 0 Å². The van der Waals surface area contributed by atoms with Crippen molar-refractivity contribution in [2.45, 2.75) is 76.6 Å². The van der Waals surface area contributed by atoms with Crippen LogP contribution in [0.1, 0.15) is 57.9 Å². The molecule has 226 valence electrons. The molecule has 0 saturated carbocycles. The predicted molar refractivity (Wildman–Crippen MR) is 155 cm³/mol. The second-order valence-corrected chi connectivity index (χ2v) is 12.8. The van der Waals surface area contributed by atoms with Gasteiger partial charge in [0.15, 0.2) is 6.10 Å². The number of fused-ring (bicyclic) bond motifs is 3. The molecular weight excluding hydrogens is 522 g/mol. The van der Waals surface area contributed by atoms with E-state index >= 15 is 0 Å². The highest BCUT2D eigenvalue weighted by atomic mass is 16.5. The van der Waals surface area contributed by atoms with Crippen LogP contribution in [0.15, 0.2) is 24.3 Å². The van der Waals surface area contributed by atoms with Crippen molar-refractivity contribution in [3.8, 4) is 5.75 Å². The van der Waals surface area contributed by atoms with Gasteiger partial charge in [-0.3, -0.25) is 19.3 Å². The summed E-state index contributed by atoms with van der Waals surface area (Å²) in [4.78, 5) is 46.8. The highest BCUT2D eigenvalue weighted by Gasteiger charge is 2.42. The Morgan fingerprint density at radius 2 is 1.80 bits per heavy atom. The number of nitrogens with zero attached hydrogens (tertiary/aromatic N) is 3. The molecule has 4 fully saturated rings. The summed E-state index contributed by atoms with van der Waals surface area (Å²) in [7, 11) is 0. The topological polar surface area (TPSA) is 114 Å². The minimum absolute atomic E-state index is 0.0427. The maximum atomic E-state index is 13.5. The quantitative estimate of drug-likeness (QED) is 0.508. The Morgan fingerprint density at radius 1 is 1.02 bits per heavy atom. The summed E-state index contributed by atoms with van der Waals surface area (Å²) in [6.07, 6.45) is 3.02. The highest BCUT2D eigenvalue weighted by molar-refractivity contribution is 5.85. The van der Waals surface area contributed by atoms with Crippen LogP contribution in [-0.2, 0) is 25.7 Å². The van der Waals surface area contributed by atoms with Crippen molar-refractivity contribution in [1.82, 2.24) is 25.3 Å². The van der Waals surface area contributed by atoms with Crippen molar-refractivity contribution >= 4 is 17.7 Å². The van der Waals surface area contributed by atoms with Crippen LogP contribution in [0.4, 0.5) is 0 Å². The van der Waals surface area contributed by atoms with Gasteiger partial charge in [-0.15, -0.1) is 0 Å². The Hall–Kier alpha value is -2.69. The third-order valence-corrected chi connectivity index (χ3v) is 9.72. The second-order valence-electron chi connectivity index (χ2n) is 12.8. The number of piperidine rings is 2. The molecule has 0 aliphatic carbocycles. The number of para-hydroxylation sites is 1. The second kappa shape index (κ2) is 13.1. The van der Waals surface area contributed by atoms with E-state index in [4.69, 9.17) is 4.74 Å². The average molecular weight is 570 g/mol. The zero-order valence-electron chi connectivity index (χ0n) is 24.6. The van der Waals surface area contributed by atoms with Crippen LogP contribution in [-0.4, -0.2) is 108 Å². The van der Waals surface area contributed by atoms with Crippen LogP contribution in [0.25, 0.3) is 0 Å². The van der Waals surface area contributed by atoms with Gasteiger partial charge in [0.25, 0.3) is 5.91 Å². The highest BCUT2D eigenvalue weighted by Crippen LogP contribution is 2.32. The number of amides is 3. The van der Waals surface area contributed by atoms with Gasteiger partial charge in [-0.25, -0.2) is 0 Å². The molecule has 4 aliphatic rings. The predicted octanol–water partition coefficient (Wildman–Crippen LogP) is 1.72. The van der Waals surface area contributed by atoms with Gasteiger partial charge < -0.3 is 30.3 Å². The zero-order valence-corrected chi connectivity index (χ0v) is 24.6. The maximum Gasteiger partial charge on any atom is 0.251 e. The first-order valence-corrected chi connectivity index (χ1v) is 15.4. The summed E-state index contributed by atoms with van der Waals surface area (Å²) >= 11 is 0. The number of phenolic OH excluding ortho intramolecular Hbond substituents is 1. The number of morpholine rings is 1. The summed E-state index contributed by atoms with van der Waals surface area (Å²) in [5.74, 6) is 0.555. The molecule has 4 aliphatic heterocycles. The van der Waals surface area contributed by atoms with Crippen molar-refractivity contribution in [3.05, 3.63) is 29.8 Å². The van der Waals surface area contributed by atoms with Gasteiger partial charge in [0.1, 0.15) is 5.75 Å². The standard InChI is InChI=1S/C31H47N5O5/c1-22(2)35-13-9-31(10-14-35)18-28(38)32-11-7-24-19-34(20-25-5-3-4-6-26(25)37)12-8-23(24)17-29(39)36-15-16-41-27(21-36)30(40)33-31/h3-6,22-24,27,37H,7-21H2,1-2H3,(H,32,38)(H,33,40)/t23-,24-,27-/m0/s1. The molecule has 0 radical (unpaired) electrons. The number of likely N-dealkylation sites (tertiary alicyclic amines) is 2. The van der Waals surface area contributed by atoms with Crippen LogP contribution >= 0.6 is 0 Å². The Morgan fingerprint density at radius 3 is 2.56 bits per heavy atom. The maximum absolute atomic E-state index is 13.5.